The lowest BCUT2D eigenvalue weighted by atomic mass is 10.5. The van der Waals surface area contributed by atoms with Crippen LogP contribution in [0, 0.1) is 0 Å². The number of carboxylic acids is 1. The molecule has 0 aliphatic carbocycles. The van der Waals surface area contributed by atoms with Gasteiger partial charge in [0, 0.05) is 19.2 Å². The molecule has 0 aliphatic heterocycles. The molecule has 94 valence electrons. The first-order chi connectivity index (χ1) is 6.95. The number of carboxylic acid groups (broad SMARTS) is 1. The van der Waals surface area contributed by atoms with Crippen molar-refractivity contribution in [3.05, 3.63) is 0 Å². The first kappa shape index (κ1) is 19.9. The Kier molecular flexibility index (Phi) is 25.2. The van der Waals surface area contributed by atoms with E-state index < -0.39 is 12.1 Å². The van der Waals surface area contributed by atoms with E-state index in [0.29, 0.717) is 0 Å². The standard InChI is InChI=1S/C4H10O.C3H8O2.C3H6O2/c1-3-5-4-2;1-3(5)2-4;1-2-3(4)5/h3-4H2,1-2H3;3-5H,2H2,1H3;2H2,1H3,(H,4,5)/p-1. The van der Waals surface area contributed by atoms with Crippen LogP contribution in [0.3, 0.4) is 0 Å². The van der Waals surface area contributed by atoms with Crippen LogP contribution in [0.25, 0.3) is 0 Å². The average molecular weight is 223 g/mol. The Morgan fingerprint density at radius 1 is 1.33 bits per heavy atom. The number of rotatable bonds is 4. The van der Waals surface area contributed by atoms with E-state index in [9.17, 15) is 9.90 Å². The number of aliphatic hydroxyl groups is 2. The summed E-state index contributed by atoms with van der Waals surface area (Å²) in [5.74, 6) is -0.995. The molecule has 1 atom stereocenters. The van der Waals surface area contributed by atoms with Gasteiger partial charge in [-0.1, -0.05) is 6.92 Å². The van der Waals surface area contributed by atoms with E-state index in [1.54, 1.807) is 0 Å². The molecule has 0 radical (unpaired) electrons. The van der Waals surface area contributed by atoms with Gasteiger partial charge in [-0.3, -0.25) is 0 Å². The molecule has 0 aromatic heterocycles. The van der Waals surface area contributed by atoms with Crippen LogP contribution in [0.15, 0.2) is 0 Å². The van der Waals surface area contributed by atoms with Crippen LogP contribution >= 0.6 is 0 Å². The summed E-state index contributed by atoms with van der Waals surface area (Å²) in [5.41, 5.74) is 0. The molecule has 0 aromatic carbocycles. The van der Waals surface area contributed by atoms with Gasteiger partial charge in [-0.15, -0.1) is 0 Å². The highest BCUT2D eigenvalue weighted by Gasteiger charge is 1.83. The molecular weight excluding hydrogens is 200 g/mol. The fourth-order valence-electron chi connectivity index (χ4n) is 0.204. The van der Waals surface area contributed by atoms with Crippen LogP contribution in [0.2, 0.25) is 0 Å². The quantitative estimate of drug-likeness (QED) is 0.673. The van der Waals surface area contributed by atoms with Crippen molar-refractivity contribution in [2.24, 2.45) is 0 Å². The average Bonchev–Trinajstić information content (AvgIpc) is 2.20. The van der Waals surface area contributed by atoms with Crippen LogP contribution in [0.4, 0.5) is 0 Å². The molecule has 0 spiro atoms. The van der Waals surface area contributed by atoms with Crippen LogP contribution in [-0.4, -0.2) is 42.1 Å². The highest BCUT2D eigenvalue weighted by molar-refractivity contribution is 5.63. The Labute approximate surface area is 91.7 Å². The van der Waals surface area contributed by atoms with Crippen molar-refractivity contribution >= 4 is 5.97 Å². The van der Waals surface area contributed by atoms with E-state index in [1.165, 1.54) is 13.8 Å². The van der Waals surface area contributed by atoms with Gasteiger partial charge in [0.05, 0.1) is 12.7 Å². The molecule has 2 N–H and O–H groups in total. The van der Waals surface area contributed by atoms with E-state index in [2.05, 4.69) is 0 Å². The van der Waals surface area contributed by atoms with Crippen LogP contribution in [0.5, 0.6) is 0 Å². The first-order valence-electron chi connectivity index (χ1n) is 5.02. The fourth-order valence-corrected chi connectivity index (χ4v) is 0.204. The Hall–Kier alpha value is -0.650. The Morgan fingerprint density at radius 3 is 1.60 bits per heavy atom. The minimum absolute atomic E-state index is 0.111. The molecule has 0 aromatic rings. The summed E-state index contributed by atoms with van der Waals surface area (Å²) in [6.07, 6.45) is -0.449. The predicted molar refractivity (Wildman–Crippen MR) is 56.2 cm³/mol. The van der Waals surface area contributed by atoms with E-state index >= 15 is 0 Å². The Bertz CT molecular complexity index is 112. The Balaban J connectivity index is -0.000000144. The zero-order valence-corrected chi connectivity index (χ0v) is 10.0. The highest BCUT2D eigenvalue weighted by atomic mass is 16.5. The molecule has 1 unspecified atom stereocenters. The number of hydrogen-bond acceptors (Lipinski definition) is 5. The van der Waals surface area contributed by atoms with Gasteiger partial charge in [0.2, 0.25) is 0 Å². The molecule has 0 bridgehead atoms. The van der Waals surface area contributed by atoms with Crippen molar-refractivity contribution in [1.29, 1.82) is 0 Å². The minimum Gasteiger partial charge on any atom is -0.550 e. The summed E-state index contributed by atoms with van der Waals surface area (Å²) in [6.45, 7) is 8.59. The number of ether oxygens (including phenoxy) is 1. The zero-order chi connectivity index (χ0) is 12.7. The molecule has 0 saturated carbocycles. The molecule has 0 fully saturated rings. The third-order valence-corrected chi connectivity index (χ3v) is 0.961. The maximum atomic E-state index is 9.26. The first-order valence-corrected chi connectivity index (χ1v) is 5.02. The van der Waals surface area contributed by atoms with Crippen LogP contribution in [0.1, 0.15) is 34.1 Å². The summed E-state index contributed by atoms with van der Waals surface area (Å²) in [7, 11) is 0. The molecule has 0 saturated heterocycles. The second-order valence-electron chi connectivity index (χ2n) is 2.54. The van der Waals surface area contributed by atoms with Crippen molar-refractivity contribution in [2.45, 2.75) is 40.2 Å². The zero-order valence-electron chi connectivity index (χ0n) is 10.0. The SMILES string of the molecule is CC(O)CO.CCC(=O)[O-].CCOCC. The molecule has 0 heterocycles. The molecule has 0 rings (SSSR count). The van der Waals surface area contributed by atoms with Crippen molar-refractivity contribution in [3.63, 3.8) is 0 Å². The lowest BCUT2D eigenvalue weighted by Gasteiger charge is -1.90. The number of hydrogen-bond donors (Lipinski definition) is 2. The molecule has 5 nitrogen and oxygen atoms in total. The summed E-state index contributed by atoms with van der Waals surface area (Å²) in [4.78, 5) is 9.26. The lowest BCUT2D eigenvalue weighted by Crippen LogP contribution is -2.19. The molecule has 0 aliphatic rings. The van der Waals surface area contributed by atoms with Crippen molar-refractivity contribution in [1.82, 2.24) is 0 Å². The summed E-state index contributed by atoms with van der Waals surface area (Å²) in [5, 5.41) is 25.3. The smallest absolute Gasteiger partial charge is 0.0742 e. The highest BCUT2D eigenvalue weighted by Crippen LogP contribution is 1.68. The summed E-state index contributed by atoms with van der Waals surface area (Å²) >= 11 is 0. The lowest BCUT2D eigenvalue weighted by molar-refractivity contribution is -0.305. The number of carbonyl (C=O) groups is 1. The Morgan fingerprint density at radius 2 is 1.60 bits per heavy atom. The maximum Gasteiger partial charge on any atom is 0.0742 e. The van der Waals surface area contributed by atoms with Crippen LogP contribution in [-0.2, 0) is 9.53 Å². The minimum atomic E-state index is -0.995. The third kappa shape index (κ3) is 60.1. The van der Waals surface area contributed by atoms with Crippen molar-refractivity contribution in [2.75, 3.05) is 19.8 Å². The largest absolute Gasteiger partial charge is 0.550 e. The van der Waals surface area contributed by atoms with Gasteiger partial charge in [0.25, 0.3) is 0 Å². The summed E-state index contributed by atoms with van der Waals surface area (Å²) < 4.78 is 4.83. The van der Waals surface area contributed by atoms with Gasteiger partial charge in [-0.05, 0) is 27.2 Å². The molecule has 5 heteroatoms. The van der Waals surface area contributed by atoms with E-state index in [-0.39, 0.29) is 13.0 Å². The van der Waals surface area contributed by atoms with Gasteiger partial charge < -0.3 is 24.9 Å². The molecular formula is C10H23O5-. The van der Waals surface area contributed by atoms with Gasteiger partial charge in [-0.25, -0.2) is 0 Å². The number of aliphatic hydroxyl groups excluding tert-OH is 2. The second kappa shape index (κ2) is 19.0. The van der Waals surface area contributed by atoms with Crippen molar-refractivity contribution < 1.29 is 24.9 Å². The summed E-state index contributed by atoms with van der Waals surface area (Å²) in [6, 6.07) is 0. The fraction of sp³-hybridized carbons (Fsp3) is 0.900. The van der Waals surface area contributed by atoms with Crippen molar-refractivity contribution in [3.8, 4) is 0 Å². The number of aliphatic carboxylic acids is 1. The monoisotopic (exact) mass is 223 g/mol. The number of carbonyl (C=O) groups excluding carboxylic acids is 1. The van der Waals surface area contributed by atoms with E-state index in [4.69, 9.17) is 14.9 Å². The van der Waals surface area contributed by atoms with Gasteiger partial charge in [0.15, 0.2) is 0 Å². The van der Waals surface area contributed by atoms with E-state index in [1.807, 2.05) is 13.8 Å². The predicted octanol–water partition coefficient (Wildman–Crippen LogP) is -0.451. The van der Waals surface area contributed by atoms with E-state index in [0.717, 1.165) is 13.2 Å². The third-order valence-electron chi connectivity index (χ3n) is 0.961. The van der Waals surface area contributed by atoms with Gasteiger partial charge >= 0.3 is 0 Å². The molecule has 15 heavy (non-hydrogen) atoms. The van der Waals surface area contributed by atoms with Gasteiger partial charge in [-0.2, -0.15) is 0 Å². The topological polar surface area (TPSA) is 89.8 Å². The normalized spacial score (nSPS) is 10.3. The maximum absolute atomic E-state index is 9.26. The molecule has 0 amide bonds. The van der Waals surface area contributed by atoms with Gasteiger partial charge in [0.1, 0.15) is 0 Å². The van der Waals surface area contributed by atoms with Crippen LogP contribution < -0.4 is 5.11 Å². The second-order valence-corrected chi connectivity index (χ2v) is 2.54.